The first kappa shape index (κ1) is 17.7. The Morgan fingerprint density at radius 2 is 1.96 bits per heavy atom. The van der Waals surface area contributed by atoms with Crippen molar-refractivity contribution in [2.75, 3.05) is 26.2 Å². The van der Waals surface area contributed by atoms with Crippen LogP contribution in [0, 0.1) is 5.41 Å². The summed E-state index contributed by atoms with van der Waals surface area (Å²) in [5.41, 5.74) is 2.73. The van der Waals surface area contributed by atoms with Gasteiger partial charge in [-0.1, -0.05) is 18.2 Å². The van der Waals surface area contributed by atoms with E-state index >= 15 is 0 Å². The molecule has 148 valence electrons. The standard InChI is InChI=1S/C22H27N3O3/c26-21(27)25-14-22(15-25)8-5-17(13-22)24-10-6-16(7-11-24)18-3-1-2-4-19(18)20-23-9-12-28-20/h1-4,9,12,16-17H,5-8,10-11,13-15H2,(H,26,27). The third-order valence-electron chi connectivity index (χ3n) is 7.11. The average Bonchev–Trinajstić information content (AvgIpc) is 3.37. The van der Waals surface area contributed by atoms with Crippen molar-refractivity contribution in [2.24, 2.45) is 5.41 Å². The monoisotopic (exact) mass is 381 g/mol. The number of oxazole rings is 1. The van der Waals surface area contributed by atoms with E-state index in [0.29, 0.717) is 17.9 Å². The van der Waals surface area contributed by atoms with Gasteiger partial charge >= 0.3 is 6.09 Å². The summed E-state index contributed by atoms with van der Waals surface area (Å²) in [6.07, 6.45) is 8.44. The summed E-state index contributed by atoms with van der Waals surface area (Å²) in [4.78, 5) is 19.7. The normalized spacial score (nSPS) is 25.1. The first-order chi connectivity index (χ1) is 13.6. The summed E-state index contributed by atoms with van der Waals surface area (Å²) < 4.78 is 5.55. The van der Waals surface area contributed by atoms with E-state index in [-0.39, 0.29) is 5.41 Å². The summed E-state index contributed by atoms with van der Waals surface area (Å²) in [5.74, 6) is 1.25. The van der Waals surface area contributed by atoms with Crippen molar-refractivity contribution in [3.63, 3.8) is 0 Å². The van der Waals surface area contributed by atoms with Crippen LogP contribution in [-0.2, 0) is 0 Å². The molecule has 1 amide bonds. The zero-order chi connectivity index (χ0) is 19.1. The maximum absolute atomic E-state index is 11.1. The molecule has 1 aromatic heterocycles. The SMILES string of the molecule is O=C(O)N1CC2(CCC(N3CCC(c4ccccc4-c4ncco4)CC3)C2)C1. The van der Waals surface area contributed by atoms with Crippen molar-refractivity contribution in [1.82, 2.24) is 14.8 Å². The van der Waals surface area contributed by atoms with Crippen molar-refractivity contribution < 1.29 is 14.3 Å². The smallest absolute Gasteiger partial charge is 0.407 e. The van der Waals surface area contributed by atoms with Crippen LogP contribution in [0.2, 0.25) is 0 Å². The number of piperidine rings is 1. The molecule has 6 nitrogen and oxygen atoms in total. The van der Waals surface area contributed by atoms with Crippen LogP contribution in [0.5, 0.6) is 0 Å². The molecule has 1 unspecified atom stereocenters. The molecular weight excluding hydrogens is 354 g/mol. The number of carbonyl (C=O) groups is 1. The topological polar surface area (TPSA) is 69.8 Å². The number of aromatic nitrogens is 1. The average molecular weight is 381 g/mol. The third-order valence-corrected chi connectivity index (χ3v) is 7.11. The minimum absolute atomic E-state index is 0.261. The number of benzene rings is 1. The van der Waals surface area contributed by atoms with Crippen LogP contribution in [0.3, 0.4) is 0 Å². The van der Waals surface area contributed by atoms with Crippen LogP contribution in [0.4, 0.5) is 4.79 Å². The Morgan fingerprint density at radius 3 is 2.68 bits per heavy atom. The number of carboxylic acid groups (broad SMARTS) is 1. The molecule has 2 aromatic rings. The predicted molar refractivity (Wildman–Crippen MR) is 105 cm³/mol. The van der Waals surface area contributed by atoms with Crippen molar-refractivity contribution in [2.45, 2.75) is 44.1 Å². The van der Waals surface area contributed by atoms with Gasteiger partial charge in [-0.15, -0.1) is 0 Å². The number of likely N-dealkylation sites (tertiary alicyclic amines) is 2. The minimum Gasteiger partial charge on any atom is -0.465 e. The van der Waals surface area contributed by atoms with Crippen LogP contribution in [0.25, 0.3) is 11.5 Å². The Kier molecular flexibility index (Phi) is 4.38. The number of hydrogen-bond donors (Lipinski definition) is 1. The lowest BCUT2D eigenvalue weighted by Gasteiger charge is -2.47. The van der Waals surface area contributed by atoms with Gasteiger partial charge in [-0.25, -0.2) is 9.78 Å². The quantitative estimate of drug-likeness (QED) is 0.868. The fraction of sp³-hybridized carbons (Fsp3) is 0.545. The molecule has 1 N–H and O–H groups in total. The lowest BCUT2D eigenvalue weighted by molar-refractivity contribution is 0.00815. The van der Waals surface area contributed by atoms with Gasteiger partial charge in [0, 0.05) is 30.1 Å². The predicted octanol–water partition coefficient (Wildman–Crippen LogP) is 4.05. The lowest BCUT2D eigenvalue weighted by Crippen LogP contribution is -2.57. The second kappa shape index (κ2) is 6.92. The molecule has 1 aromatic carbocycles. The number of nitrogens with zero attached hydrogens (tertiary/aromatic N) is 3. The molecular formula is C22H27N3O3. The van der Waals surface area contributed by atoms with Gasteiger partial charge in [0.1, 0.15) is 6.26 Å². The fourth-order valence-electron chi connectivity index (χ4n) is 5.65. The summed E-state index contributed by atoms with van der Waals surface area (Å²) in [5, 5.41) is 9.12. The molecule has 3 aliphatic rings. The lowest BCUT2D eigenvalue weighted by atomic mass is 9.78. The summed E-state index contributed by atoms with van der Waals surface area (Å²) in [6, 6.07) is 9.12. The van der Waals surface area contributed by atoms with Crippen molar-refractivity contribution in [3.8, 4) is 11.5 Å². The second-order valence-electron chi connectivity index (χ2n) is 8.77. The van der Waals surface area contributed by atoms with Crippen LogP contribution >= 0.6 is 0 Å². The molecule has 28 heavy (non-hydrogen) atoms. The van der Waals surface area contributed by atoms with Gasteiger partial charge in [0.15, 0.2) is 0 Å². The molecule has 0 bridgehead atoms. The molecule has 2 saturated heterocycles. The highest BCUT2D eigenvalue weighted by molar-refractivity contribution is 5.66. The first-order valence-electron chi connectivity index (χ1n) is 10.3. The molecule has 1 saturated carbocycles. The van der Waals surface area contributed by atoms with E-state index in [9.17, 15) is 4.79 Å². The van der Waals surface area contributed by atoms with Gasteiger partial charge in [-0.3, -0.25) is 0 Å². The minimum atomic E-state index is -0.764. The molecule has 1 atom stereocenters. The Bertz CT molecular complexity index is 836. The van der Waals surface area contributed by atoms with Gasteiger partial charge in [-0.2, -0.15) is 0 Å². The van der Waals surface area contributed by atoms with E-state index in [1.54, 1.807) is 17.4 Å². The third kappa shape index (κ3) is 3.09. The van der Waals surface area contributed by atoms with Crippen LogP contribution in [0.15, 0.2) is 41.1 Å². The maximum Gasteiger partial charge on any atom is 0.407 e. The number of amides is 1. The first-order valence-corrected chi connectivity index (χ1v) is 10.3. The van der Waals surface area contributed by atoms with Crippen molar-refractivity contribution in [3.05, 3.63) is 42.3 Å². The van der Waals surface area contributed by atoms with Gasteiger partial charge in [0.25, 0.3) is 0 Å². The van der Waals surface area contributed by atoms with Crippen LogP contribution < -0.4 is 0 Å². The Hall–Kier alpha value is -2.34. The molecule has 3 fully saturated rings. The van der Waals surface area contributed by atoms with E-state index in [1.807, 2.05) is 0 Å². The second-order valence-corrected chi connectivity index (χ2v) is 8.77. The van der Waals surface area contributed by atoms with E-state index in [2.05, 4.69) is 34.1 Å². The number of rotatable bonds is 3. The van der Waals surface area contributed by atoms with Crippen LogP contribution in [0.1, 0.15) is 43.6 Å². The Labute approximate surface area is 165 Å². The van der Waals surface area contributed by atoms with E-state index < -0.39 is 6.09 Å². The summed E-state index contributed by atoms with van der Waals surface area (Å²) in [7, 11) is 0. The Balaban J connectivity index is 1.21. The zero-order valence-corrected chi connectivity index (χ0v) is 16.1. The maximum atomic E-state index is 11.1. The zero-order valence-electron chi connectivity index (χ0n) is 16.1. The molecule has 1 spiro atoms. The van der Waals surface area contributed by atoms with E-state index in [4.69, 9.17) is 9.52 Å². The van der Waals surface area contributed by atoms with Gasteiger partial charge in [-0.05, 0) is 62.7 Å². The largest absolute Gasteiger partial charge is 0.465 e. The molecule has 6 heteroatoms. The highest BCUT2D eigenvalue weighted by Crippen LogP contribution is 2.48. The van der Waals surface area contributed by atoms with Crippen molar-refractivity contribution in [1.29, 1.82) is 0 Å². The molecule has 5 rings (SSSR count). The van der Waals surface area contributed by atoms with Crippen molar-refractivity contribution >= 4 is 6.09 Å². The summed E-state index contributed by atoms with van der Waals surface area (Å²) >= 11 is 0. The molecule has 0 radical (unpaired) electrons. The fourth-order valence-corrected chi connectivity index (χ4v) is 5.65. The Morgan fingerprint density at radius 1 is 1.18 bits per heavy atom. The van der Waals surface area contributed by atoms with Gasteiger partial charge in [0.05, 0.1) is 6.20 Å². The van der Waals surface area contributed by atoms with Gasteiger partial charge < -0.3 is 19.3 Å². The van der Waals surface area contributed by atoms with Gasteiger partial charge in [0.2, 0.25) is 5.89 Å². The van der Waals surface area contributed by atoms with Crippen LogP contribution in [-0.4, -0.2) is 58.2 Å². The van der Waals surface area contributed by atoms with E-state index in [0.717, 1.165) is 51.0 Å². The number of hydrogen-bond acceptors (Lipinski definition) is 4. The highest BCUT2D eigenvalue weighted by atomic mass is 16.4. The summed E-state index contributed by atoms with van der Waals surface area (Å²) in [6.45, 7) is 3.71. The molecule has 2 aliphatic heterocycles. The van der Waals surface area contributed by atoms with E-state index in [1.165, 1.54) is 18.4 Å². The molecule has 1 aliphatic carbocycles. The highest BCUT2D eigenvalue weighted by Gasteiger charge is 2.50. The molecule has 3 heterocycles.